The number of benzene rings is 1. The van der Waals surface area contributed by atoms with E-state index in [9.17, 15) is 9.59 Å². The Hall–Kier alpha value is -2.24. The Kier molecular flexibility index (Phi) is 6.46. The van der Waals surface area contributed by atoms with Crippen LogP contribution in [-0.2, 0) is 4.74 Å². The molecule has 0 aromatic heterocycles. The van der Waals surface area contributed by atoms with Crippen molar-refractivity contribution in [2.24, 2.45) is 5.92 Å². The SMILES string of the molecule is Cc1ccccc1NC(=O)N1CCCN(C(=O)OCC(C)C)CC1. The highest BCUT2D eigenvalue weighted by Gasteiger charge is 2.23. The first-order chi connectivity index (χ1) is 11.5. The average Bonchev–Trinajstić information content (AvgIpc) is 2.81. The molecule has 6 nitrogen and oxygen atoms in total. The fourth-order valence-corrected chi connectivity index (χ4v) is 2.54. The predicted octanol–water partition coefficient (Wildman–Crippen LogP) is 3.33. The number of hydrogen-bond acceptors (Lipinski definition) is 3. The van der Waals surface area contributed by atoms with Crippen molar-refractivity contribution in [3.63, 3.8) is 0 Å². The number of aryl methyl sites for hydroxylation is 1. The lowest BCUT2D eigenvalue weighted by atomic mass is 10.2. The van der Waals surface area contributed by atoms with E-state index >= 15 is 0 Å². The van der Waals surface area contributed by atoms with Gasteiger partial charge in [0.1, 0.15) is 0 Å². The maximum Gasteiger partial charge on any atom is 0.409 e. The van der Waals surface area contributed by atoms with Gasteiger partial charge in [0.05, 0.1) is 6.61 Å². The Morgan fingerprint density at radius 3 is 2.50 bits per heavy atom. The summed E-state index contributed by atoms with van der Waals surface area (Å²) in [7, 11) is 0. The third-order valence-electron chi connectivity index (χ3n) is 3.97. The standard InChI is InChI=1S/C18H27N3O3/c1-14(2)13-24-18(23)21-10-6-9-20(11-12-21)17(22)19-16-8-5-4-7-15(16)3/h4-5,7-8,14H,6,9-13H2,1-3H3,(H,19,22). The number of rotatable bonds is 3. The van der Waals surface area contributed by atoms with Crippen LogP contribution in [0.1, 0.15) is 25.8 Å². The van der Waals surface area contributed by atoms with Gasteiger partial charge in [-0.15, -0.1) is 0 Å². The van der Waals surface area contributed by atoms with Gasteiger partial charge in [-0.25, -0.2) is 9.59 Å². The number of carbonyl (C=O) groups excluding carboxylic acids is 2. The van der Waals surface area contributed by atoms with Gasteiger partial charge >= 0.3 is 12.1 Å². The average molecular weight is 333 g/mol. The zero-order valence-corrected chi connectivity index (χ0v) is 14.7. The van der Waals surface area contributed by atoms with Crippen LogP contribution < -0.4 is 5.32 Å². The second kappa shape index (κ2) is 8.57. The minimum atomic E-state index is -0.287. The van der Waals surface area contributed by atoms with Crippen molar-refractivity contribution >= 4 is 17.8 Å². The fourth-order valence-electron chi connectivity index (χ4n) is 2.54. The van der Waals surface area contributed by atoms with Gasteiger partial charge in [-0.2, -0.15) is 0 Å². The first-order valence-corrected chi connectivity index (χ1v) is 8.50. The van der Waals surface area contributed by atoms with E-state index in [0.717, 1.165) is 17.7 Å². The largest absolute Gasteiger partial charge is 0.449 e. The van der Waals surface area contributed by atoms with E-state index in [4.69, 9.17) is 4.74 Å². The van der Waals surface area contributed by atoms with Crippen LogP contribution in [0, 0.1) is 12.8 Å². The van der Waals surface area contributed by atoms with E-state index in [1.165, 1.54) is 0 Å². The Morgan fingerprint density at radius 1 is 1.12 bits per heavy atom. The summed E-state index contributed by atoms with van der Waals surface area (Å²) < 4.78 is 5.27. The summed E-state index contributed by atoms with van der Waals surface area (Å²) >= 11 is 0. The number of anilines is 1. The van der Waals surface area contributed by atoms with E-state index < -0.39 is 0 Å². The van der Waals surface area contributed by atoms with Crippen LogP contribution in [0.4, 0.5) is 15.3 Å². The van der Waals surface area contributed by atoms with E-state index in [2.05, 4.69) is 5.32 Å². The smallest absolute Gasteiger partial charge is 0.409 e. The molecule has 0 radical (unpaired) electrons. The summed E-state index contributed by atoms with van der Waals surface area (Å²) in [6, 6.07) is 7.57. The van der Waals surface area contributed by atoms with Gasteiger partial charge in [-0.1, -0.05) is 32.0 Å². The lowest BCUT2D eigenvalue weighted by molar-refractivity contribution is 0.0934. The first-order valence-electron chi connectivity index (χ1n) is 8.50. The van der Waals surface area contributed by atoms with E-state index in [-0.39, 0.29) is 12.1 Å². The molecule has 132 valence electrons. The third-order valence-corrected chi connectivity index (χ3v) is 3.97. The van der Waals surface area contributed by atoms with E-state index in [1.807, 2.05) is 45.0 Å². The monoisotopic (exact) mass is 333 g/mol. The highest BCUT2D eigenvalue weighted by atomic mass is 16.6. The van der Waals surface area contributed by atoms with Crippen LogP contribution in [0.3, 0.4) is 0 Å². The number of urea groups is 1. The second-order valence-corrected chi connectivity index (χ2v) is 6.54. The summed E-state index contributed by atoms with van der Waals surface area (Å²) in [4.78, 5) is 27.9. The van der Waals surface area contributed by atoms with Gasteiger partial charge in [-0.05, 0) is 30.9 Å². The van der Waals surface area contributed by atoms with Crippen molar-refractivity contribution in [3.8, 4) is 0 Å². The van der Waals surface area contributed by atoms with Crippen LogP contribution in [-0.4, -0.2) is 54.7 Å². The molecule has 1 aromatic rings. The summed E-state index contributed by atoms with van der Waals surface area (Å²) in [5, 5.41) is 2.94. The molecule has 2 rings (SSSR count). The van der Waals surface area contributed by atoms with Crippen LogP contribution >= 0.6 is 0 Å². The maximum absolute atomic E-state index is 12.4. The minimum absolute atomic E-state index is 0.123. The molecule has 1 saturated heterocycles. The Morgan fingerprint density at radius 2 is 1.79 bits per heavy atom. The summed E-state index contributed by atoms with van der Waals surface area (Å²) in [5.74, 6) is 0.317. The molecule has 3 amide bonds. The van der Waals surface area contributed by atoms with Crippen molar-refractivity contribution in [3.05, 3.63) is 29.8 Å². The summed E-state index contributed by atoms with van der Waals surface area (Å²) in [6.45, 7) is 8.65. The Balaban J connectivity index is 1.87. The molecule has 1 aromatic carbocycles. The van der Waals surface area contributed by atoms with E-state index in [1.54, 1.807) is 9.80 Å². The molecule has 0 saturated carbocycles. The Labute approximate surface area is 143 Å². The molecule has 0 bridgehead atoms. The van der Waals surface area contributed by atoms with Gasteiger partial charge in [-0.3, -0.25) is 0 Å². The summed E-state index contributed by atoms with van der Waals surface area (Å²) in [6.07, 6.45) is 0.461. The van der Waals surface area contributed by atoms with Gasteiger partial charge < -0.3 is 19.9 Å². The van der Waals surface area contributed by atoms with Gasteiger partial charge in [0, 0.05) is 31.9 Å². The zero-order valence-electron chi connectivity index (χ0n) is 14.7. The van der Waals surface area contributed by atoms with Crippen LogP contribution in [0.2, 0.25) is 0 Å². The molecular formula is C18H27N3O3. The molecular weight excluding hydrogens is 306 g/mol. The Bertz CT molecular complexity index is 574. The maximum atomic E-state index is 12.4. The molecule has 1 N–H and O–H groups in total. The second-order valence-electron chi connectivity index (χ2n) is 6.54. The first kappa shape index (κ1) is 18.1. The van der Waals surface area contributed by atoms with Gasteiger partial charge in [0.25, 0.3) is 0 Å². The highest BCUT2D eigenvalue weighted by Crippen LogP contribution is 2.15. The number of amides is 3. The van der Waals surface area contributed by atoms with Crippen molar-refractivity contribution in [2.75, 3.05) is 38.1 Å². The third kappa shape index (κ3) is 5.15. The van der Waals surface area contributed by atoms with Gasteiger partial charge in [0.2, 0.25) is 0 Å². The molecule has 24 heavy (non-hydrogen) atoms. The molecule has 1 heterocycles. The van der Waals surface area contributed by atoms with Crippen LogP contribution in [0.25, 0.3) is 0 Å². The van der Waals surface area contributed by atoms with Crippen LogP contribution in [0.5, 0.6) is 0 Å². The molecule has 1 fully saturated rings. The highest BCUT2D eigenvalue weighted by molar-refractivity contribution is 5.90. The van der Waals surface area contributed by atoms with Crippen molar-refractivity contribution < 1.29 is 14.3 Å². The summed E-state index contributed by atoms with van der Waals surface area (Å²) in [5.41, 5.74) is 1.85. The molecule has 0 atom stereocenters. The number of carbonyl (C=O) groups is 2. The van der Waals surface area contributed by atoms with Gasteiger partial charge in [0.15, 0.2) is 0 Å². The normalized spacial score (nSPS) is 15.2. The zero-order chi connectivity index (χ0) is 17.5. The molecule has 6 heteroatoms. The quantitative estimate of drug-likeness (QED) is 0.923. The number of nitrogens with one attached hydrogen (secondary N) is 1. The topological polar surface area (TPSA) is 61.9 Å². The molecule has 0 unspecified atom stereocenters. The molecule has 1 aliphatic rings. The molecule has 0 aliphatic carbocycles. The minimum Gasteiger partial charge on any atom is -0.449 e. The lowest BCUT2D eigenvalue weighted by Crippen LogP contribution is -2.39. The van der Waals surface area contributed by atoms with E-state index in [0.29, 0.717) is 38.7 Å². The van der Waals surface area contributed by atoms with Crippen molar-refractivity contribution in [1.29, 1.82) is 0 Å². The van der Waals surface area contributed by atoms with Crippen LogP contribution in [0.15, 0.2) is 24.3 Å². The predicted molar refractivity (Wildman–Crippen MR) is 94.1 cm³/mol. The number of hydrogen-bond donors (Lipinski definition) is 1. The molecule has 0 spiro atoms. The fraction of sp³-hybridized carbons (Fsp3) is 0.556. The molecule has 1 aliphatic heterocycles. The lowest BCUT2D eigenvalue weighted by Gasteiger charge is -2.22. The van der Waals surface area contributed by atoms with Crippen molar-refractivity contribution in [1.82, 2.24) is 9.80 Å². The van der Waals surface area contributed by atoms with Crippen molar-refractivity contribution in [2.45, 2.75) is 27.2 Å². The number of para-hydroxylation sites is 1. The number of ether oxygens (including phenoxy) is 1. The number of nitrogens with zero attached hydrogens (tertiary/aromatic N) is 2.